The van der Waals surface area contributed by atoms with Crippen molar-refractivity contribution < 1.29 is 9.84 Å². The van der Waals surface area contributed by atoms with Crippen molar-refractivity contribution in [3.63, 3.8) is 0 Å². The molecule has 0 aliphatic carbocycles. The number of aliphatic hydroxyl groups excluding tert-OH is 1. The third kappa shape index (κ3) is 2.31. The molecule has 2 heterocycles. The monoisotopic (exact) mass is 269 g/mol. The molecule has 5 nitrogen and oxygen atoms in total. The lowest BCUT2D eigenvalue weighted by Crippen LogP contribution is -2.30. The maximum Gasteiger partial charge on any atom is 0.150 e. The summed E-state index contributed by atoms with van der Waals surface area (Å²) in [5.41, 5.74) is 2.81. The van der Waals surface area contributed by atoms with Gasteiger partial charge in [-0.15, -0.1) is 0 Å². The van der Waals surface area contributed by atoms with E-state index in [1.807, 2.05) is 42.7 Å². The minimum Gasteiger partial charge on any atom is -0.497 e. The van der Waals surface area contributed by atoms with Crippen molar-refractivity contribution in [3.8, 4) is 5.75 Å². The number of hydrogen-bond donors (Lipinski definition) is 2. The highest BCUT2D eigenvalue weighted by Gasteiger charge is 2.17. The predicted octanol–water partition coefficient (Wildman–Crippen LogP) is 2.15. The highest BCUT2D eigenvalue weighted by molar-refractivity contribution is 5.77. The van der Waals surface area contributed by atoms with E-state index in [0.717, 1.165) is 22.6 Å². The number of allylic oxidation sites excluding steroid dienone is 2. The lowest BCUT2D eigenvalue weighted by molar-refractivity contribution is 0.227. The normalized spacial score (nSPS) is 18.0. The lowest BCUT2D eigenvalue weighted by atomic mass is 10.1. The van der Waals surface area contributed by atoms with Crippen LogP contribution in [0, 0.1) is 0 Å². The van der Waals surface area contributed by atoms with Crippen molar-refractivity contribution in [2.45, 2.75) is 6.23 Å². The predicted molar refractivity (Wildman–Crippen MR) is 77.2 cm³/mol. The molecule has 1 aromatic carbocycles. The third-order valence-electron chi connectivity index (χ3n) is 3.19. The highest BCUT2D eigenvalue weighted by Crippen LogP contribution is 2.28. The van der Waals surface area contributed by atoms with Gasteiger partial charge >= 0.3 is 0 Å². The number of H-pyrrole nitrogens is 1. The molecule has 1 aliphatic heterocycles. The van der Waals surface area contributed by atoms with E-state index in [-0.39, 0.29) is 0 Å². The van der Waals surface area contributed by atoms with Gasteiger partial charge in [0.15, 0.2) is 0 Å². The molecule has 0 amide bonds. The Morgan fingerprint density at radius 2 is 2.30 bits per heavy atom. The van der Waals surface area contributed by atoms with Crippen molar-refractivity contribution in [1.82, 2.24) is 10.2 Å². The van der Waals surface area contributed by atoms with Crippen LogP contribution in [-0.4, -0.2) is 28.6 Å². The Labute approximate surface area is 116 Å². The van der Waals surface area contributed by atoms with E-state index in [1.54, 1.807) is 24.3 Å². The van der Waals surface area contributed by atoms with E-state index >= 15 is 0 Å². The second-order valence-electron chi connectivity index (χ2n) is 4.45. The topological polar surface area (TPSA) is 61.4 Å². The number of benzene rings is 1. The van der Waals surface area contributed by atoms with Crippen LogP contribution in [0.15, 0.2) is 55.0 Å². The SMILES string of the molecule is COc1cccc(N2C=C(c3cn[nH]c3)C=CC2O)c1. The van der Waals surface area contributed by atoms with E-state index < -0.39 is 6.23 Å². The van der Waals surface area contributed by atoms with E-state index in [1.165, 1.54) is 0 Å². The first kappa shape index (κ1) is 12.5. The van der Waals surface area contributed by atoms with Crippen LogP contribution >= 0.6 is 0 Å². The summed E-state index contributed by atoms with van der Waals surface area (Å²) in [6.07, 6.45) is 8.38. The molecule has 0 saturated carbocycles. The Hall–Kier alpha value is -2.53. The smallest absolute Gasteiger partial charge is 0.150 e. The van der Waals surface area contributed by atoms with Crippen molar-refractivity contribution in [3.05, 3.63) is 60.6 Å². The number of ether oxygens (including phenoxy) is 1. The molecule has 1 aromatic heterocycles. The molecule has 0 fully saturated rings. The second-order valence-corrected chi connectivity index (χ2v) is 4.45. The van der Waals surface area contributed by atoms with Crippen molar-refractivity contribution in [2.24, 2.45) is 0 Å². The Morgan fingerprint density at radius 1 is 1.40 bits per heavy atom. The van der Waals surface area contributed by atoms with Gasteiger partial charge in [-0.1, -0.05) is 12.1 Å². The van der Waals surface area contributed by atoms with Gasteiger partial charge in [-0.25, -0.2) is 0 Å². The number of methoxy groups -OCH3 is 1. The molecule has 1 atom stereocenters. The molecule has 0 radical (unpaired) electrons. The number of rotatable bonds is 3. The first-order valence-corrected chi connectivity index (χ1v) is 6.27. The first-order valence-electron chi connectivity index (χ1n) is 6.27. The van der Waals surface area contributed by atoms with E-state index in [4.69, 9.17) is 4.74 Å². The summed E-state index contributed by atoms with van der Waals surface area (Å²) < 4.78 is 5.22. The number of aromatic amines is 1. The summed E-state index contributed by atoms with van der Waals surface area (Å²) in [7, 11) is 1.62. The highest BCUT2D eigenvalue weighted by atomic mass is 16.5. The van der Waals surface area contributed by atoms with Gasteiger partial charge in [0.2, 0.25) is 0 Å². The molecule has 0 bridgehead atoms. The van der Waals surface area contributed by atoms with Gasteiger partial charge in [0.05, 0.1) is 13.3 Å². The molecule has 0 saturated heterocycles. The summed E-state index contributed by atoms with van der Waals surface area (Å²) in [5.74, 6) is 0.752. The summed E-state index contributed by atoms with van der Waals surface area (Å²) in [6.45, 7) is 0. The first-order chi connectivity index (χ1) is 9.78. The molecule has 3 rings (SSSR count). The van der Waals surface area contributed by atoms with Crippen LogP contribution in [0.25, 0.3) is 5.57 Å². The van der Waals surface area contributed by atoms with Gasteiger partial charge in [-0.2, -0.15) is 5.10 Å². The summed E-state index contributed by atoms with van der Waals surface area (Å²) in [6, 6.07) is 7.57. The van der Waals surface area contributed by atoms with Crippen molar-refractivity contribution >= 4 is 11.3 Å². The van der Waals surface area contributed by atoms with Crippen LogP contribution < -0.4 is 9.64 Å². The quantitative estimate of drug-likeness (QED) is 0.896. The Kier molecular flexibility index (Phi) is 3.26. The average molecular weight is 269 g/mol. The largest absolute Gasteiger partial charge is 0.497 e. The van der Waals surface area contributed by atoms with Crippen LogP contribution in [0.2, 0.25) is 0 Å². The van der Waals surface area contributed by atoms with Gasteiger partial charge < -0.3 is 14.7 Å². The van der Waals surface area contributed by atoms with Crippen LogP contribution in [0.4, 0.5) is 5.69 Å². The van der Waals surface area contributed by atoms with Crippen molar-refractivity contribution in [2.75, 3.05) is 12.0 Å². The van der Waals surface area contributed by atoms with Gasteiger partial charge in [0.1, 0.15) is 12.0 Å². The molecule has 1 unspecified atom stereocenters. The summed E-state index contributed by atoms with van der Waals surface area (Å²) in [4.78, 5) is 1.78. The number of aromatic nitrogens is 2. The molecule has 5 heteroatoms. The maximum absolute atomic E-state index is 10.1. The maximum atomic E-state index is 10.1. The fraction of sp³-hybridized carbons (Fsp3) is 0.133. The zero-order valence-electron chi connectivity index (χ0n) is 11.0. The van der Waals surface area contributed by atoms with E-state index in [0.29, 0.717) is 0 Å². The number of nitrogens with zero attached hydrogens (tertiary/aromatic N) is 2. The molecular weight excluding hydrogens is 254 g/mol. The molecule has 2 N–H and O–H groups in total. The Balaban J connectivity index is 1.97. The molecule has 0 spiro atoms. The number of nitrogens with one attached hydrogen (secondary N) is 1. The molecular formula is C15H15N3O2. The summed E-state index contributed by atoms with van der Waals surface area (Å²) in [5, 5.41) is 16.9. The third-order valence-corrected chi connectivity index (χ3v) is 3.19. The van der Waals surface area contributed by atoms with Gasteiger partial charge in [-0.3, -0.25) is 5.10 Å². The minimum atomic E-state index is -0.697. The molecule has 20 heavy (non-hydrogen) atoms. The average Bonchev–Trinajstić information content (AvgIpc) is 3.02. The van der Waals surface area contributed by atoms with Crippen molar-refractivity contribution in [1.29, 1.82) is 0 Å². The molecule has 102 valence electrons. The van der Waals surface area contributed by atoms with E-state index in [9.17, 15) is 5.11 Å². The number of aliphatic hydroxyl groups is 1. The Morgan fingerprint density at radius 3 is 3.05 bits per heavy atom. The fourth-order valence-corrected chi connectivity index (χ4v) is 2.13. The Bertz CT molecular complexity index is 647. The fourth-order valence-electron chi connectivity index (χ4n) is 2.13. The number of anilines is 1. The van der Waals surface area contributed by atoms with Gasteiger partial charge in [0, 0.05) is 35.3 Å². The second kappa shape index (κ2) is 5.22. The lowest BCUT2D eigenvalue weighted by Gasteiger charge is -2.28. The minimum absolute atomic E-state index is 0.697. The zero-order chi connectivity index (χ0) is 13.9. The van der Waals surface area contributed by atoms with E-state index in [2.05, 4.69) is 10.2 Å². The standard InChI is InChI=1S/C15H15N3O2/c1-20-14-4-2-3-13(7-14)18-10-11(5-6-15(18)19)12-8-16-17-9-12/h2-10,15,19H,1H3,(H,16,17). The number of hydrogen-bond acceptors (Lipinski definition) is 4. The van der Waals surface area contributed by atoms with Crippen LogP contribution in [0.1, 0.15) is 5.56 Å². The molecule has 1 aliphatic rings. The van der Waals surface area contributed by atoms with Crippen LogP contribution in [0.3, 0.4) is 0 Å². The van der Waals surface area contributed by atoms with Gasteiger partial charge in [-0.05, 0) is 18.2 Å². The summed E-state index contributed by atoms with van der Waals surface area (Å²) >= 11 is 0. The van der Waals surface area contributed by atoms with Gasteiger partial charge in [0.25, 0.3) is 0 Å². The van der Waals surface area contributed by atoms with Crippen LogP contribution in [0.5, 0.6) is 5.75 Å². The molecule has 2 aromatic rings. The zero-order valence-corrected chi connectivity index (χ0v) is 11.0. The van der Waals surface area contributed by atoms with Crippen LogP contribution in [-0.2, 0) is 0 Å².